The molecule has 1 aliphatic rings. The molecule has 0 spiro atoms. The molecule has 4 nitrogen and oxygen atoms in total. The van der Waals surface area contributed by atoms with Crippen molar-refractivity contribution in [2.24, 2.45) is 18.7 Å². The highest BCUT2D eigenvalue weighted by Crippen LogP contribution is 2.47. The van der Waals surface area contributed by atoms with Gasteiger partial charge in [-0.25, -0.2) is 0 Å². The minimum atomic E-state index is 0.289. The van der Waals surface area contributed by atoms with E-state index in [1.807, 2.05) is 13.2 Å². The fraction of sp³-hybridized carbons (Fsp3) is 0.750. The van der Waals surface area contributed by atoms with Crippen LogP contribution >= 0.6 is 0 Å². The molecule has 66 valence electrons. The molecule has 0 aliphatic heterocycles. The minimum Gasteiger partial charge on any atom is -0.328 e. The molecule has 4 heteroatoms. The zero-order chi connectivity index (χ0) is 8.72. The van der Waals surface area contributed by atoms with Gasteiger partial charge in [0.25, 0.3) is 0 Å². The average Bonchev–Trinajstić information content (AvgIpc) is 2.70. The van der Waals surface area contributed by atoms with Gasteiger partial charge in [-0.15, -0.1) is 0 Å². The summed E-state index contributed by atoms with van der Waals surface area (Å²) >= 11 is 0. The number of aromatic nitrogens is 3. The van der Waals surface area contributed by atoms with Gasteiger partial charge in [-0.3, -0.25) is 0 Å². The smallest absolute Gasteiger partial charge is 0.0861 e. The van der Waals surface area contributed by atoms with Crippen LogP contribution in [0.2, 0.25) is 0 Å². The van der Waals surface area contributed by atoms with E-state index in [1.54, 1.807) is 4.80 Å². The maximum absolute atomic E-state index is 5.78. The van der Waals surface area contributed by atoms with Crippen LogP contribution in [0.25, 0.3) is 0 Å². The highest BCUT2D eigenvalue weighted by Gasteiger charge is 2.42. The molecule has 1 aromatic heterocycles. The molecule has 1 fully saturated rings. The first-order valence-corrected chi connectivity index (χ1v) is 4.30. The number of nitrogens with two attached hydrogens (primary N) is 1. The van der Waals surface area contributed by atoms with Crippen LogP contribution in [0.15, 0.2) is 6.20 Å². The van der Waals surface area contributed by atoms with Gasteiger partial charge < -0.3 is 5.73 Å². The monoisotopic (exact) mass is 166 g/mol. The second-order valence-electron chi connectivity index (χ2n) is 3.62. The fourth-order valence-electron chi connectivity index (χ4n) is 1.67. The Bertz CT molecular complexity index is 278. The number of hydrogen-bond acceptors (Lipinski definition) is 3. The predicted molar refractivity (Wildman–Crippen MR) is 45.5 cm³/mol. The molecular formula is C8H14N4. The summed E-state index contributed by atoms with van der Waals surface area (Å²) in [5.41, 5.74) is 6.87. The minimum absolute atomic E-state index is 0.289. The van der Waals surface area contributed by atoms with Crippen LogP contribution in [-0.4, -0.2) is 21.0 Å². The largest absolute Gasteiger partial charge is 0.328 e. The van der Waals surface area contributed by atoms with Crippen molar-refractivity contribution in [3.63, 3.8) is 0 Å². The van der Waals surface area contributed by atoms with Crippen LogP contribution in [0.1, 0.15) is 25.0 Å². The fourth-order valence-corrected chi connectivity index (χ4v) is 1.67. The molecule has 0 amide bonds. The Balaban J connectivity index is 2.05. The Morgan fingerprint density at radius 2 is 2.50 bits per heavy atom. The Hall–Kier alpha value is -0.900. The molecule has 1 aromatic rings. The Labute approximate surface area is 71.8 Å². The summed E-state index contributed by atoms with van der Waals surface area (Å²) in [6.45, 7) is 2.06. The van der Waals surface area contributed by atoms with Crippen molar-refractivity contribution in [3.8, 4) is 0 Å². The van der Waals surface area contributed by atoms with E-state index >= 15 is 0 Å². The molecule has 3 atom stereocenters. The van der Waals surface area contributed by atoms with Gasteiger partial charge in [-0.1, -0.05) is 0 Å². The Kier molecular flexibility index (Phi) is 1.65. The molecule has 0 radical (unpaired) electrons. The third-order valence-corrected chi connectivity index (χ3v) is 2.51. The van der Waals surface area contributed by atoms with Gasteiger partial charge in [0.2, 0.25) is 0 Å². The standard InChI is InChI=1S/C8H14N4/c1-5(9)6-3-7(6)8-4-10-12(2)11-8/h4-7H,3,9H2,1-2H3. The van der Waals surface area contributed by atoms with E-state index in [9.17, 15) is 0 Å². The third kappa shape index (κ3) is 1.22. The summed E-state index contributed by atoms with van der Waals surface area (Å²) in [5, 5.41) is 8.29. The molecular weight excluding hydrogens is 152 g/mol. The lowest BCUT2D eigenvalue weighted by Crippen LogP contribution is -2.18. The molecule has 1 heterocycles. The summed E-state index contributed by atoms with van der Waals surface area (Å²) in [6.07, 6.45) is 3.02. The van der Waals surface area contributed by atoms with Crippen molar-refractivity contribution in [3.05, 3.63) is 11.9 Å². The van der Waals surface area contributed by atoms with Gasteiger partial charge in [0, 0.05) is 19.0 Å². The predicted octanol–water partition coefficient (Wildman–Crippen LogP) is 0.266. The molecule has 2 rings (SSSR count). The van der Waals surface area contributed by atoms with Gasteiger partial charge in [0.1, 0.15) is 0 Å². The molecule has 1 saturated carbocycles. The van der Waals surface area contributed by atoms with E-state index < -0.39 is 0 Å². The van der Waals surface area contributed by atoms with Crippen molar-refractivity contribution in [2.75, 3.05) is 0 Å². The molecule has 0 aromatic carbocycles. The van der Waals surface area contributed by atoms with Crippen LogP contribution in [0.4, 0.5) is 0 Å². The summed E-state index contributed by atoms with van der Waals surface area (Å²) in [5.74, 6) is 1.19. The summed E-state index contributed by atoms with van der Waals surface area (Å²) in [6, 6.07) is 0.289. The number of nitrogens with zero attached hydrogens (tertiary/aromatic N) is 3. The summed E-state index contributed by atoms with van der Waals surface area (Å²) in [4.78, 5) is 1.60. The Morgan fingerprint density at radius 3 is 2.92 bits per heavy atom. The number of hydrogen-bond donors (Lipinski definition) is 1. The van der Waals surface area contributed by atoms with E-state index in [1.165, 1.54) is 6.42 Å². The van der Waals surface area contributed by atoms with Crippen LogP contribution < -0.4 is 5.73 Å². The van der Waals surface area contributed by atoms with Gasteiger partial charge >= 0.3 is 0 Å². The third-order valence-electron chi connectivity index (χ3n) is 2.51. The highest BCUT2D eigenvalue weighted by atomic mass is 15.4. The molecule has 12 heavy (non-hydrogen) atoms. The Morgan fingerprint density at radius 1 is 1.75 bits per heavy atom. The SMILES string of the molecule is CC(N)C1CC1c1cnn(C)n1. The first kappa shape index (κ1) is 7.73. The van der Waals surface area contributed by atoms with Crippen LogP contribution in [0.5, 0.6) is 0 Å². The van der Waals surface area contributed by atoms with E-state index in [0.29, 0.717) is 11.8 Å². The second-order valence-corrected chi connectivity index (χ2v) is 3.62. The van der Waals surface area contributed by atoms with Gasteiger partial charge in [-0.2, -0.15) is 15.0 Å². The van der Waals surface area contributed by atoms with Crippen molar-refractivity contribution >= 4 is 0 Å². The quantitative estimate of drug-likeness (QED) is 0.686. The highest BCUT2D eigenvalue weighted by molar-refractivity contribution is 5.15. The van der Waals surface area contributed by atoms with Gasteiger partial charge in [-0.05, 0) is 19.3 Å². The average molecular weight is 166 g/mol. The van der Waals surface area contributed by atoms with E-state index in [2.05, 4.69) is 17.1 Å². The number of rotatable bonds is 2. The van der Waals surface area contributed by atoms with E-state index in [0.717, 1.165) is 5.69 Å². The first-order valence-electron chi connectivity index (χ1n) is 4.30. The van der Waals surface area contributed by atoms with Crippen molar-refractivity contribution in [1.29, 1.82) is 0 Å². The van der Waals surface area contributed by atoms with Crippen molar-refractivity contribution < 1.29 is 0 Å². The lowest BCUT2D eigenvalue weighted by Gasteiger charge is -2.00. The van der Waals surface area contributed by atoms with Crippen LogP contribution in [-0.2, 0) is 7.05 Å². The first-order chi connectivity index (χ1) is 5.68. The zero-order valence-electron chi connectivity index (χ0n) is 7.44. The van der Waals surface area contributed by atoms with Crippen LogP contribution in [0.3, 0.4) is 0 Å². The normalized spacial score (nSPS) is 30.2. The second kappa shape index (κ2) is 2.55. The van der Waals surface area contributed by atoms with Crippen molar-refractivity contribution in [1.82, 2.24) is 15.0 Å². The van der Waals surface area contributed by atoms with Crippen LogP contribution in [0, 0.1) is 5.92 Å². The van der Waals surface area contributed by atoms with Crippen molar-refractivity contribution in [2.45, 2.75) is 25.3 Å². The van der Waals surface area contributed by atoms with Gasteiger partial charge in [0.15, 0.2) is 0 Å². The topological polar surface area (TPSA) is 56.7 Å². The zero-order valence-corrected chi connectivity index (χ0v) is 7.44. The molecule has 0 saturated heterocycles. The maximum atomic E-state index is 5.78. The molecule has 0 bridgehead atoms. The van der Waals surface area contributed by atoms with E-state index in [4.69, 9.17) is 5.73 Å². The summed E-state index contributed by atoms with van der Waals surface area (Å²) < 4.78 is 0. The van der Waals surface area contributed by atoms with Gasteiger partial charge in [0.05, 0.1) is 11.9 Å². The lowest BCUT2D eigenvalue weighted by molar-refractivity contribution is 0.613. The molecule has 1 aliphatic carbocycles. The number of aryl methyl sites for hydroxylation is 1. The van der Waals surface area contributed by atoms with E-state index in [-0.39, 0.29) is 6.04 Å². The maximum Gasteiger partial charge on any atom is 0.0861 e. The lowest BCUT2D eigenvalue weighted by atomic mass is 10.1. The molecule has 3 unspecified atom stereocenters. The summed E-state index contributed by atoms with van der Waals surface area (Å²) in [7, 11) is 1.84. The molecule has 2 N–H and O–H groups in total.